The first kappa shape index (κ1) is 17.1. The van der Waals surface area contributed by atoms with Crippen molar-refractivity contribution in [2.75, 3.05) is 13.2 Å². The highest BCUT2D eigenvalue weighted by Crippen LogP contribution is 2.24. The molecule has 0 radical (unpaired) electrons. The summed E-state index contributed by atoms with van der Waals surface area (Å²) in [5.41, 5.74) is 0.652. The summed E-state index contributed by atoms with van der Waals surface area (Å²) in [6.07, 6.45) is 4.12. The highest BCUT2D eigenvalue weighted by atomic mass is 32.1. The first-order valence-corrected chi connectivity index (χ1v) is 9.97. The lowest BCUT2D eigenvalue weighted by Gasteiger charge is -2.24. The molecule has 1 aliphatic heterocycles. The Morgan fingerprint density at radius 3 is 2.65 bits per heavy atom. The average molecular weight is 370 g/mol. The molecule has 0 spiro atoms. The summed E-state index contributed by atoms with van der Waals surface area (Å²) in [7, 11) is 0. The van der Waals surface area contributed by atoms with E-state index in [4.69, 9.17) is 4.74 Å². The second kappa shape index (κ2) is 7.50. The van der Waals surface area contributed by atoms with E-state index in [0.29, 0.717) is 18.2 Å². The molecule has 1 saturated heterocycles. The normalized spacial score (nSPS) is 19.4. The van der Waals surface area contributed by atoms with Crippen LogP contribution in [0.25, 0.3) is 0 Å². The van der Waals surface area contributed by atoms with Crippen molar-refractivity contribution < 1.29 is 14.3 Å². The van der Waals surface area contributed by atoms with Gasteiger partial charge < -0.3 is 15.0 Å². The molecule has 6 heteroatoms. The van der Waals surface area contributed by atoms with Crippen molar-refractivity contribution in [2.24, 2.45) is 0 Å². The number of hydrogen-bond donors (Lipinski definition) is 1. The zero-order valence-corrected chi connectivity index (χ0v) is 15.3. The van der Waals surface area contributed by atoms with Crippen LogP contribution in [0.2, 0.25) is 0 Å². The van der Waals surface area contributed by atoms with Crippen molar-refractivity contribution in [2.45, 2.75) is 37.8 Å². The van der Waals surface area contributed by atoms with Gasteiger partial charge in [-0.25, -0.2) is 0 Å². The monoisotopic (exact) mass is 370 g/mol. The molecule has 1 saturated carbocycles. The molecule has 0 unspecified atom stereocenters. The van der Waals surface area contributed by atoms with Gasteiger partial charge in [-0.2, -0.15) is 0 Å². The van der Waals surface area contributed by atoms with E-state index in [1.165, 1.54) is 11.3 Å². The van der Waals surface area contributed by atoms with E-state index in [9.17, 15) is 9.59 Å². The summed E-state index contributed by atoms with van der Waals surface area (Å²) in [6, 6.07) is 11.4. The lowest BCUT2D eigenvalue weighted by Crippen LogP contribution is -2.38. The smallest absolute Gasteiger partial charge is 0.264 e. The zero-order valence-electron chi connectivity index (χ0n) is 14.5. The van der Waals surface area contributed by atoms with Crippen LogP contribution in [0.3, 0.4) is 0 Å². The van der Waals surface area contributed by atoms with Crippen LogP contribution < -0.4 is 10.1 Å². The molecule has 0 bridgehead atoms. The minimum atomic E-state index is -0.0254. The van der Waals surface area contributed by atoms with Crippen LogP contribution in [-0.2, 0) is 0 Å². The number of rotatable bonds is 6. The average Bonchev–Trinajstić information content (AvgIpc) is 3.15. The second-order valence-electron chi connectivity index (χ2n) is 6.86. The Bertz CT molecular complexity index is 769. The predicted molar refractivity (Wildman–Crippen MR) is 101 cm³/mol. The molecular weight excluding hydrogens is 348 g/mol. The number of ether oxygens (including phenoxy) is 1. The molecule has 1 N–H and O–H groups in total. The van der Waals surface area contributed by atoms with Gasteiger partial charge in [0, 0.05) is 18.2 Å². The molecule has 2 amide bonds. The highest BCUT2D eigenvalue weighted by Gasteiger charge is 2.30. The standard InChI is InChI=1S/C20H22N2O3S/c23-19(21-15-7-8-15)14-5-9-17(10-6-14)25-13-16-3-1-11-22(16)20(24)18-4-2-12-26-18/h2,4-6,9-10,12,15-16H,1,3,7-8,11,13H2,(H,21,23)/t16-/m1/s1. The van der Waals surface area contributed by atoms with Gasteiger partial charge in [-0.3, -0.25) is 9.59 Å². The summed E-state index contributed by atoms with van der Waals surface area (Å²) in [5, 5.41) is 4.90. The van der Waals surface area contributed by atoms with Crippen molar-refractivity contribution in [1.82, 2.24) is 10.2 Å². The van der Waals surface area contributed by atoms with E-state index in [1.807, 2.05) is 34.5 Å². The van der Waals surface area contributed by atoms with Crippen LogP contribution in [0.4, 0.5) is 0 Å². The fourth-order valence-corrected chi connectivity index (χ4v) is 3.89. The lowest BCUT2D eigenvalue weighted by atomic mass is 10.2. The van der Waals surface area contributed by atoms with Gasteiger partial charge in [-0.1, -0.05) is 6.07 Å². The van der Waals surface area contributed by atoms with Crippen LogP contribution in [0.15, 0.2) is 41.8 Å². The number of thiophene rings is 1. The summed E-state index contributed by atoms with van der Waals surface area (Å²) >= 11 is 1.48. The maximum atomic E-state index is 12.6. The molecule has 1 atom stereocenters. The third-order valence-corrected chi connectivity index (χ3v) is 5.70. The largest absolute Gasteiger partial charge is 0.491 e. The number of likely N-dealkylation sites (tertiary alicyclic amines) is 1. The van der Waals surface area contributed by atoms with Crippen molar-refractivity contribution >= 4 is 23.2 Å². The fourth-order valence-electron chi connectivity index (χ4n) is 3.21. The Kier molecular flexibility index (Phi) is 4.93. The lowest BCUT2D eigenvalue weighted by molar-refractivity contribution is 0.0696. The quantitative estimate of drug-likeness (QED) is 0.849. The van der Waals surface area contributed by atoms with Crippen LogP contribution >= 0.6 is 11.3 Å². The molecule has 2 fully saturated rings. The molecule has 2 heterocycles. The van der Waals surface area contributed by atoms with Crippen LogP contribution in [0.1, 0.15) is 45.7 Å². The van der Waals surface area contributed by atoms with Gasteiger partial charge >= 0.3 is 0 Å². The number of hydrogen-bond acceptors (Lipinski definition) is 4. The molecule has 136 valence electrons. The first-order valence-electron chi connectivity index (χ1n) is 9.09. The molecule has 26 heavy (non-hydrogen) atoms. The van der Waals surface area contributed by atoms with E-state index in [-0.39, 0.29) is 17.9 Å². The van der Waals surface area contributed by atoms with E-state index in [1.54, 1.807) is 12.1 Å². The maximum absolute atomic E-state index is 12.6. The summed E-state index contributed by atoms with van der Waals surface area (Å²) in [4.78, 5) is 27.3. The van der Waals surface area contributed by atoms with E-state index >= 15 is 0 Å². The molecule has 2 aliphatic rings. The SMILES string of the molecule is O=C(NC1CC1)c1ccc(OC[C@H]2CCCN2C(=O)c2cccs2)cc1. The maximum Gasteiger partial charge on any atom is 0.264 e. The second-order valence-corrected chi connectivity index (χ2v) is 7.80. The Balaban J connectivity index is 1.32. The van der Waals surface area contributed by atoms with Crippen molar-refractivity contribution in [3.05, 3.63) is 52.2 Å². The minimum Gasteiger partial charge on any atom is -0.491 e. The first-order chi connectivity index (χ1) is 12.7. The highest BCUT2D eigenvalue weighted by molar-refractivity contribution is 7.12. The molecule has 1 aromatic heterocycles. The van der Waals surface area contributed by atoms with E-state index < -0.39 is 0 Å². The van der Waals surface area contributed by atoms with E-state index in [0.717, 1.165) is 42.9 Å². The number of amides is 2. The summed E-state index contributed by atoms with van der Waals surface area (Å²) < 4.78 is 5.89. The number of nitrogens with zero attached hydrogens (tertiary/aromatic N) is 1. The molecular formula is C20H22N2O3S. The Morgan fingerprint density at radius 1 is 1.15 bits per heavy atom. The Labute approximate surface area is 157 Å². The number of carbonyl (C=O) groups excluding carboxylic acids is 2. The van der Waals surface area contributed by atoms with Crippen molar-refractivity contribution in [1.29, 1.82) is 0 Å². The molecule has 1 aliphatic carbocycles. The summed E-state index contributed by atoms with van der Waals surface area (Å²) in [6.45, 7) is 1.26. The predicted octanol–water partition coefficient (Wildman–Crippen LogP) is 3.32. The van der Waals surface area contributed by atoms with Gasteiger partial charge in [0.2, 0.25) is 0 Å². The molecule has 1 aromatic carbocycles. The Morgan fingerprint density at radius 2 is 1.96 bits per heavy atom. The summed E-state index contributed by atoms with van der Waals surface area (Å²) in [5.74, 6) is 0.796. The van der Waals surface area contributed by atoms with Crippen molar-refractivity contribution in [3.8, 4) is 5.75 Å². The number of nitrogens with one attached hydrogen (secondary N) is 1. The number of benzene rings is 1. The molecule has 4 rings (SSSR count). The Hall–Kier alpha value is -2.34. The van der Waals surface area contributed by atoms with Gasteiger partial charge in [0.25, 0.3) is 11.8 Å². The van der Waals surface area contributed by atoms with Gasteiger partial charge in [0.1, 0.15) is 12.4 Å². The third-order valence-electron chi connectivity index (χ3n) is 4.84. The zero-order chi connectivity index (χ0) is 17.9. The van der Waals surface area contributed by atoms with Crippen molar-refractivity contribution in [3.63, 3.8) is 0 Å². The van der Waals surface area contributed by atoms with Gasteiger partial charge in [-0.05, 0) is 61.4 Å². The third kappa shape index (κ3) is 3.90. The molecule has 5 nitrogen and oxygen atoms in total. The minimum absolute atomic E-state index is 0.0254. The van der Waals surface area contributed by atoms with Crippen LogP contribution in [0, 0.1) is 0 Å². The van der Waals surface area contributed by atoms with Crippen LogP contribution in [0.5, 0.6) is 5.75 Å². The molecule has 2 aromatic rings. The number of carbonyl (C=O) groups is 2. The van der Waals surface area contributed by atoms with Gasteiger partial charge in [-0.15, -0.1) is 11.3 Å². The topological polar surface area (TPSA) is 58.6 Å². The van der Waals surface area contributed by atoms with Gasteiger partial charge in [0.05, 0.1) is 10.9 Å². The fraction of sp³-hybridized carbons (Fsp3) is 0.400. The van der Waals surface area contributed by atoms with E-state index in [2.05, 4.69) is 5.32 Å². The van der Waals surface area contributed by atoms with Crippen LogP contribution in [-0.4, -0.2) is 41.9 Å². The van der Waals surface area contributed by atoms with Gasteiger partial charge in [0.15, 0.2) is 0 Å².